The zero-order valence-corrected chi connectivity index (χ0v) is 12.5. The maximum absolute atomic E-state index is 12.1. The maximum atomic E-state index is 12.1. The van der Waals surface area contributed by atoms with Crippen LogP contribution in [0.15, 0.2) is 30.9 Å². The molecule has 0 aliphatic carbocycles. The van der Waals surface area contributed by atoms with E-state index in [-0.39, 0.29) is 10.8 Å². The fourth-order valence-electron chi connectivity index (χ4n) is 1.32. The second-order valence-electron chi connectivity index (χ2n) is 4.96. The highest BCUT2D eigenvalue weighted by Gasteiger charge is 2.29. The summed E-state index contributed by atoms with van der Waals surface area (Å²) < 4.78 is 14.9. The number of halogens is 1. The lowest BCUT2D eigenvalue weighted by Crippen LogP contribution is -2.41. The molecule has 0 fully saturated rings. The van der Waals surface area contributed by atoms with E-state index in [0.29, 0.717) is 11.6 Å². The van der Waals surface area contributed by atoms with Gasteiger partial charge in [-0.05, 0) is 39.3 Å². The monoisotopic (exact) mass is 286 g/mol. The van der Waals surface area contributed by atoms with Crippen molar-refractivity contribution in [2.45, 2.75) is 38.0 Å². The number of hydrogen-bond donors (Lipinski definition) is 1. The Morgan fingerprint density at radius 1 is 1.56 bits per heavy atom. The molecule has 1 unspecified atom stereocenters. The Labute approximate surface area is 117 Å². The topological polar surface area (TPSA) is 48.0 Å². The van der Waals surface area contributed by atoms with Crippen LogP contribution in [0, 0.1) is 0 Å². The van der Waals surface area contributed by atoms with Crippen LogP contribution in [-0.4, -0.2) is 14.3 Å². The van der Waals surface area contributed by atoms with Gasteiger partial charge < -0.3 is 4.55 Å². The van der Waals surface area contributed by atoms with Crippen LogP contribution in [0.1, 0.15) is 38.9 Å². The van der Waals surface area contributed by atoms with Crippen molar-refractivity contribution in [3.05, 3.63) is 41.7 Å². The molecule has 1 aromatic rings. The summed E-state index contributed by atoms with van der Waals surface area (Å²) >= 11 is 4.72. The van der Waals surface area contributed by atoms with Crippen LogP contribution in [0.3, 0.4) is 0 Å². The Morgan fingerprint density at radius 2 is 2.22 bits per heavy atom. The van der Waals surface area contributed by atoms with Gasteiger partial charge in [0.2, 0.25) is 0 Å². The van der Waals surface area contributed by atoms with Crippen molar-refractivity contribution in [3.63, 3.8) is 0 Å². The van der Waals surface area contributed by atoms with Gasteiger partial charge in [0.05, 0.1) is 11.7 Å². The molecule has 0 aliphatic rings. The molecule has 2 atom stereocenters. The normalized spacial score (nSPS) is 15.2. The van der Waals surface area contributed by atoms with E-state index in [4.69, 9.17) is 11.6 Å². The predicted molar refractivity (Wildman–Crippen MR) is 77.8 cm³/mol. The highest BCUT2D eigenvalue weighted by atomic mass is 35.5. The first-order valence-electron chi connectivity index (χ1n) is 5.76. The number of aromatic nitrogens is 1. The highest BCUT2D eigenvalue weighted by Crippen LogP contribution is 2.22. The third kappa shape index (κ3) is 4.61. The lowest BCUT2D eigenvalue weighted by atomic mass is 10.1. The Bertz CT molecular complexity index is 406. The molecule has 18 heavy (non-hydrogen) atoms. The fourth-order valence-corrected chi connectivity index (χ4v) is 2.32. The van der Waals surface area contributed by atoms with Gasteiger partial charge in [0, 0.05) is 11.4 Å². The maximum Gasteiger partial charge on any atom is 0.136 e. The van der Waals surface area contributed by atoms with Crippen LogP contribution in [0.25, 0.3) is 0 Å². The van der Waals surface area contributed by atoms with Crippen LogP contribution in [0.4, 0.5) is 0 Å². The summed E-state index contributed by atoms with van der Waals surface area (Å²) in [4.78, 5) is 4.25. The van der Waals surface area contributed by atoms with Crippen molar-refractivity contribution in [1.82, 2.24) is 9.71 Å². The van der Waals surface area contributed by atoms with Gasteiger partial charge in [-0.3, -0.25) is 0 Å². The van der Waals surface area contributed by atoms with Crippen LogP contribution in [0.5, 0.6) is 0 Å². The Kier molecular flexibility index (Phi) is 5.66. The summed E-state index contributed by atoms with van der Waals surface area (Å²) in [7, 11) is 0. The van der Waals surface area contributed by atoms with E-state index in [1.54, 1.807) is 12.1 Å². The molecule has 1 rings (SSSR count). The molecule has 5 heteroatoms. The first kappa shape index (κ1) is 15.5. The molecule has 0 saturated carbocycles. The standard InChI is InChI=1S/C13H19ClN2OS/c1-5-7-11(16-18(17)13(2,3)4)10-8-6-9-12(14)15-10/h5-6,8-9,11,16H,1,7H2,2-4H3/t11?,18-/m0/s1. The van der Waals surface area contributed by atoms with Crippen molar-refractivity contribution in [1.29, 1.82) is 0 Å². The molecule has 0 saturated heterocycles. The first-order valence-corrected chi connectivity index (χ1v) is 7.29. The van der Waals surface area contributed by atoms with Crippen molar-refractivity contribution in [3.8, 4) is 0 Å². The van der Waals surface area contributed by atoms with E-state index in [2.05, 4.69) is 16.3 Å². The smallest absolute Gasteiger partial charge is 0.136 e. The second-order valence-corrected chi connectivity index (χ2v) is 7.35. The quantitative estimate of drug-likeness (QED) is 0.513. The summed E-state index contributed by atoms with van der Waals surface area (Å²) in [5, 5.41) is 0.435. The van der Waals surface area contributed by atoms with Gasteiger partial charge in [-0.25, -0.2) is 4.98 Å². The van der Waals surface area contributed by atoms with Crippen LogP contribution in [-0.2, 0) is 11.4 Å². The summed E-state index contributed by atoms with van der Waals surface area (Å²) in [5.74, 6) is 0. The summed E-state index contributed by atoms with van der Waals surface area (Å²) in [6, 6.07) is 5.28. The largest absolute Gasteiger partial charge is 0.598 e. The van der Waals surface area contributed by atoms with E-state index >= 15 is 0 Å². The molecule has 0 spiro atoms. The van der Waals surface area contributed by atoms with E-state index in [1.165, 1.54) is 0 Å². The Hall–Kier alpha value is -0.550. The lowest BCUT2D eigenvalue weighted by molar-refractivity contribution is 0.521. The average molecular weight is 287 g/mol. The zero-order chi connectivity index (χ0) is 13.8. The third-order valence-electron chi connectivity index (χ3n) is 2.30. The molecule has 100 valence electrons. The van der Waals surface area contributed by atoms with E-state index in [0.717, 1.165) is 5.69 Å². The molecule has 0 aromatic carbocycles. The van der Waals surface area contributed by atoms with Gasteiger partial charge in [-0.15, -0.1) is 11.3 Å². The van der Waals surface area contributed by atoms with Crippen LogP contribution < -0.4 is 4.72 Å². The molecule has 1 N–H and O–H groups in total. The summed E-state index contributed by atoms with van der Waals surface area (Å²) in [5.41, 5.74) is 0.778. The van der Waals surface area contributed by atoms with Crippen LogP contribution in [0.2, 0.25) is 5.15 Å². The molecule has 1 aromatic heterocycles. The SMILES string of the molecule is C=CCC(N[S@@+]([O-])C(C)(C)C)c1cccc(Cl)n1. The number of nitrogens with one attached hydrogen (secondary N) is 1. The lowest BCUT2D eigenvalue weighted by Gasteiger charge is -2.27. The van der Waals surface area contributed by atoms with Gasteiger partial charge in [-0.1, -0.05) is 23.7 Å². The minimum absolute atomic E-state index is 0.138. The molecular formula is C13H19ClN2OS. The Balaban J connectivity index is 2.86. The minimum atomic E-state index is -1.16. The number of nitrogens with zero attached hydrogens (tertiary/aromatic N) is 1. The van der Waals surface area contributed by atoms with E-state index < -0.39 is 11.4 Å². The summed E-state index contributed by atoms with van der Waals surface area (Å²) in [6.45, 7) is 9.49. The summed E-state index contributed by atoms with van der Waals surface area (Å²) in [6.07, 6.45) is 2.43. The molecule has 0 aliphatic heterocycles. The van der Waals surface area contributed by atoms with Crippen molar-refractivity contribution < 1.29 is 4.55 Å². The predicted octanol–water partition coefficient (Wildman–Crippen LogP) is 3.40. The highest BCUT2D eigenvalue weighted by molar-refractivity contribution is 7.90. The van der Waals surface area contributed by atoms with Gasteiger partial charge in [-0.2, -0.15) is 0 Å². The van der Waals surface area contributed by atoms with Gasteiger partial charge in [0.15, 0.2) is 0 Å². The van der Waals surface area contributed by atoms with E-state index in [9.17, 15) is 4.55 Å². The number of pyridine rings is 1. The molecular weight excluding hydrogens is 268 g/mol. The molecule has 0 amide bonds. The van der Waals surface area contributed by atoms with E-state index in [1.807, 2.05) is 32.9 Å². The molecule has 0 radical (unpaired) electrons. The molecule has 1 heterocycles. The number of rotatable bonds is 5. The molecule has 3 nitrogen and oxygen atoms in total. The first-order chi connectivity index (χ1) is 8.34. The van der Waals surface area contributed by atoms with Crippen molar-refractivity contribution in [2.24, 2.45) is 0 Å². The average Bonchev–Trinajstić information content (AvgIpc) is 2.27. The minimum Gasteiger partial charge on any atom is -0.598 e. The van der Waals surface area contributed by atoms with Gasteiger partial charge >= 0.3 is 0 Å². The number of hydrogen-bond acceptors (Lipinski definition) is 3. The molecule has 0 bridgehead atoms. The second kappa shape index (κ2) is 6.57. The van der Waals surface area contributed by atoms with Crippen molar-refractivity contribution in [2.75, 3.05) is 0 Å². The third-order valence-corrected chi connectivity index (χ3v) is 4.12. The Morgan fingerprint density at radius 3 is 2.72 bits per heavy atom. The zero-order valence-electron chi connectivity index (χ0n) is 10.9. The van der Waals surface area contributed by atoms with Crippen molar-refractivity contribution >= 4 is 23.0 Å². The fraction of sp³-hybridized carbons (Fsp3) is 0.462. The van der Waals surface area contributed by atoms with Crippen LogP contribution >= 0.6 is 11.6 Å². The van der Waals surface area contributed by atoms with Gasteiger partial charge in [0.1, 0.15) is 9.90 Å². The van der Waals surface area contributed by atoms with Gasteiger partial charge in [0.25, 0.3) is 0 Å².